The van der Waals surface area contributed by atoms with Crippen LogP contribution < -0.4 is 4.90 Å². The molecule has 0 atom stereocenters. The molecule has 1 saturated heterocycles. The van der Waals surface area contributed by atoms with Crippen LogP contribution in [0, 0.1) is 5.92 Å². The number of aliphatic hydroxyl groups is 1. The van der Waals surface area contributed by atoms with Crippen molar-refractivity contribution in [3.63, 3.8) is 0 Å². The zero-order valence-electron chi connectivity index (χ0n) is 15.4. The molecule has 0 unspecified atom stereocenters. The minimum atomic E-state index is -0.557. The maximum absolute atomic E-state index is 10.9. The van der Waals surface area contributed by atoms with Crippen molar-refractivity contribution in [2.45, 2.75) is 37.7 Å². The van der Waals surface area contributed by atoms with Gasteiger partial charge in [-0.15, -0.1) is 11.3 Å². The highest BCUT2D eigenvalue weighted by molar-refractivity contribution is 7.10. The average molecular weight is 372 g/mol. The van der Waals surface area contributed by atoms with E-state index in [2.05, 4.69) is 44.4 Å². The van der Waals surface area contributed by atoms with Crippen LogP contribution in [0.25, 0.3) is 0 Å². The Labute approximate surface area is 160 Å². The monoisotopic (exact) mass is 371 g/mol. The number of rotatable bonds is 5. The second-order valence-corrected chi connectivity index (χ2v) is 8.71. The van der Waals surface area contributed by atoms with Gasteiger partial charge in [0.15, 0.2) is 0 Å². The number of piperazine rings is 1. The number of anilines is 1. The number of nitrogens with zero attached hydrogens (tertiary/aromatic N) is 3. The van der Waals surface area contributed by atoms with E-state index in [-0.39, 0.29) is 0 Å². The molecule has 1 saturated carbocycles. The minimum absolute atomic E-state index is 0.557. The first-order chi connectivity index (χ1) is 12.7. The molecule has 140 valence electrons. The van der Waals surface area contributed by atoms with Crippen LogP contribution in [0.1, 0.15) is 37.0 Å². The van der Waals surface area contributed by atoms with E-state index in [1.807, 2.05) is 12.3 Å². The van der Waals surface area contributed by atoms with Crippen molar-refractivity contribution in [2.24, 2.45) is 5.92 Å². The molecule has 2 aliphatic rings. The third kappa shape index (κ3) is 4.11. The highest BCUT2D eigenvalue weighted by atomic mass is 32.1. The Morgan fingerprint density at radius 3 is 2.54 bits per heavy atom. The molecular formula is C21H29N3OS. The first kappa shape index (κ1) is 18.0. The predicted octanol–water partition coefficient (Wildman–Crippen LogP) is 3.73. The fourth-order valence-electron chi connectivity index (χ4n) is 4.34. The number of hydrogen-bond acceptors (Lipinski definition) is 5. The molecule has 1 aliphatic heterocycles. The molecule has 1 N–H and O–H groups in total. The molecule has 0 bridgehead atoms. The van der Waals surface area contributed by atoms with Gasteiger partial charge in [0.2, 0.25) is 0 Å². The molecule has 2 fully saturated rings. The summed E-state index contributed by atoms with van der Waals surface area (Å²) in [7, 11) is 0. The van der Waals surface area contributed by atoms with E-state index < -0.39 is 5.60 Å². The van der Waals surface area contributed by atoms with E-state index in [1.54, 1.807) is 11.3 Å². The summed E-state index contributed by atoms with van der Waals surface area (Å²) in [6.07, 6.45) is 7.30. The van der Waals surface area contributed by atoms with Crippen molar-refractivity contribution in [2.75, 3.05) is 37.6 Å². The predicted molar refractivity (Wildman–Crippen MR) is 108 cm³/mol. The van der Waals surface area contributed by atoms with Crippen molar-refractivity contribution in [3.8, 4) is 0 Å². The van der Waals surface area contributed by atoms with Gasteiger partial charge in [-0.1, -0.05) is 12.1 Å². The summed E-state index contributed by atoms with van der Waals surface area (Å²) >= 11 is 1.70. The van der Waals surface area contributed by atoms with Gasteiger partial charge < -0.3 is 10.0 Å². The molecule has 3 heterocycles. The second kappa shape index (κ2) is 8.07. The van der Waals surface area contributed by atoms with Crippen LogP contribution >= 0.6 is 11.3 Å². The van der Waals surface area contributed by atoms with Crippen LogP contribution in [0.4, 0.5) is 5.82 Å². The first-order valence-corrected chi connectivity index (χ1v) is 10.8. The lowest BCUT2D eigenvalue weighted by Crippen LogP contribution is -2.47. The van der Waals surface area contributed by atoms with Crippen LogP contribution in [-0.4, -0.2) is 47.7 Å². The van der Waals surface area contributed by atoms with Crippen molar-refractivity contribution in [1.82, 2.24) is 9.88 Å². The smallest absolute Gasteiger partial charge is 0.128 e. The van der Waals surface area contributed by atoms with Gasteiger partial charge in [0.1, 0.15) is 5.82 Å². The molecular weight excluding hydrogens is 342 g/mol. The van der Waals surface area contributed by atoms with E-state index in [0.29, 0.717) is 0 Å². The molecule has 0 spiro atoms. The Bertz CT molecular complexity index is 660. The van der Waals surface area contributed by atoms with Crippen molar-refractivity contribution in [3.05, 3.63) is 46.8 Å². The summed E-state index contributed by atoms with van der Waals surface area (Å²) in [4.78, 5) is 10.6. The lowest BCUT2D eigenvalue weighted by Gasteiger charge is -2.38. The van der Waals surface area contributed by atoms with Gasteiger partial charge in [-0.05, 0) is 68.1 Å². The molecule has 0 radical (unpaired) electrons. The average Bonchev–Trinajstić information content (AvgIpc) is 3.25. The third-order valence-electron chi connectivity index (χ3n) is 6.11. The van der Waals surface area contributed by atoms with Gasteiger partial charge in [0, 0.05) is 37.3 Å². The van der Waals surface area contributed by atoms with Crippen LogP contribution in [0.3, 0.4) is 0 Å². The standard InChI is InChI=1S/C21H29N3OS/c25-21(19-4-3-17-26-19)9-6-18(7-10-21)8-12-23-13-15-24(16-14-23)20-5-1-2-11-22-20/h1-5,11,17-18,25H,6-10,12-16H2/t18-,21+. The van der Waals surface area contributed by atoms with Gasteiger partial charge >= 0.3 is 0 Å². The Morgan fingerprint density at radius 2 is 1.88 bits per heavy atom. The van der Waals surface area contributed by atoms with Crippen molar-refractivity contribution < 1.29 is 5.11 Å². The SMILES string of the molecule is O[C@]1(c2cccs2)CC[C@H](CCN2CCN(c3ccccn3)CC2)CC1. The van der Waals surface area contributed by atoms with Gasteiger partial charge in [0.25, 0.3) is 0 Å². The lowest BCUT2D eigenvalue weighted by molar-refractivity contribution is -0.0130. The fraction of sp³-hybridized carbons (Fsp3) is 0.571. The zero-order valence-corrected chi connectivity index (χ0v) is 16.2. The largest absolute Gasteiger partial charge is 0.384 e. The molecule has 2 aromatic rings. The highest BCUT2D eigenvalue weighted by Crippen LogP contribution is 2.42. The number of hydrogen-bond donors (Lipinski definition) is 1. The second-order valence-electron chi connectivity index (χ2n) is 7.76. The summed E-state index contributed by atoms with van der Waals surface area (Å²) in [5, 5.41) is 13.0. The van der Waals surface area contributed by atoms with Gasteiger partial charge in [-0.25, -0.2) is 4.98 Å². The van der Waals surface area contributed by atoms with Crippen LogP contribution in [0.15, 0.2) is 41.9 Å². The van der Waals surface area contributed by atoms with Crippen LogP contribution in [0.5, 0.6) is 0 Å². The van der Waals surface area contributed by atoms with E-state index in [4.69, 9.17) is 0 Å². The van der Waals surface area contributed by atoms with E-state index in [1.165, 1.54) is 13.0 Å². The topological polar surface area (TPSA) is 39.6 Å². The first-order valence-electron chi connectivity index (χ1n) is 9.88. The number of aromatic nitrogens is 1. The van der Waals surface area contributed by atoms with Crippen molar-refractivity contribution in [1.29, 1.82) is 0 Å². The summed E-state index contributed by atoms with van der Waals surface area (Å²) in [5.74, 6) is 1.87. The quantitative estimate of drug-likeness (QED) is 0.869. The van der Waals surface area contributed by atoms with E-state index in [0.717, 1.165) is 68.5 Å². The Hall–Kier alpha value is -1.43. The normalized spacial score (nSPS) is 27.6. The molecule has 4 rings (SSSR count). The molecule has 4 nitrogen and oxygen atoms in total. The Morgan fingerprint density at radius 1 is 1.08 bits per heavy atom. The molecule has 5 heteroatoms. The van der Waals surface area contributed by atoms with Gasteiger partial charge in [0.05, 0.1) is 5.60 Å². The molecule has 2 aromatic heterocycles. The third-order valence-corrected chi connectivity index (χ3v) is 7.17. The number of thiophene rings is 1. The molecule has 1 aliphatic carbocycles. The van der Waals surface area contributed by atoms with Gasteiger partial charge in [-0.3, -0.25) is 4.90 Å². The molecule has 0 aromatic carbocycles. The lowest BCUT2D eigenvalue weighted by atomic mass is 9.77. The summed E-state index contributed by atoms with van der Waals surface area (Å²) in [6.45, 7) is 5.59. The van der Waals surface area contributed by atoms with Crippen LogP contribution in [0.2, 0.25) is 0 Å². The Balaban J connectivity index is 1.19. The van der Waals surface area contributed by atoms with Gasteiger partial charge in [-0.2, -0.15) is 0 Å². The Kier molecular flexibility index (Phi) is 5.57. The fourth-order valence-corrected chi connectivity index (χ4v) is 5.22. The highest BCUT2D eigenvalue weighted by Gasteiger charge is 2.35. The van der Waals surface area contributed by atoms with Crippen LogP contribution in [-0.2, 0) is 5.60 Å². The minimum Gasteiger partial charge on any atom is -0.384 e. The summed E-state index contributed by atoms with van der Waals surface area (Å²) in [6, 6.07) is 10.3. The number of pyridine rings is 1. The maximum atomic E-state index is 10.9. The van der Waals surface area contributed by atoms with Crippen molar-refractivity contribution >= 4 is 17.2 Å². The van der Waals surface area contributed by atoms with E-state index >= 15 is 0 Å². The molecule has 0 amide bonds. The summed E-state index contributed by atoms with van der Waals surface area (Å²) < 4.78 is 0. The molecule has 26 heavy (non-hydrogen) atoms. The van der Waals surface area contributed by atoms with E-state index in [9.17, 15) is 5.11 Å². The summed E-state index contributed by atoms with van der Waals surface area (Å²) in [5.41, 5.74) is -0.557. The zero-order chi connectivity index (χ0) is 17.8. The maximum Gasteiger partial charge on any atom is 0.128 e.